The third-order valence-corrected chi connectivity index (χ3v) is 2.38. The highest BCUT2D eigenvalue weighted by Gasteiger charge is 2.20. The normalized spacial score (nSPS) is 9.40. The number of rotatable bonds is 10. The van der Waals surface area contributed by atoms with E-state index in [1.54, 1.807) is 0 Å². The zero-order valence-corrected chi connectivity index (χ0v) is 12.1. The van der Waals surface area contributed by atoms with Gasteiger partial charge >= 0.3 is 0 Å². The van der Waals surface area contributed by atoms with Crippen molar-refractivity contribution >= 4 is 6.16 Å². The highest BCUT2D eigenvalue weighted by molar-refractivity contribution is 5.54. The van der Waals surface area contributed by atoms with Crippen LogP contribution in [-0.4, -0.2) is 43.4 Å². The maximum Gasteiger partial charge on any atom is 0.252 e. The molecule has 0 fully saturated rings. The summed E-state index contributed by atoms with van der Waals surface area (Å²) < 4.78 is 4.78. The first-order valence-electron chi connectivity index (χ1n) is 6.25. The van der Waals surface area contributed by atoms with E-state index in [0.29, 0.717) is 0 Å². The number of nitrogens with zero attached hydrogens (tertiary/aromatic N) is 1. The summed E-state index contributed by atoms with van der Waals surface area (Å²) >= 11 is 0. The van der Waals surface area contributed by atoms with E-state index >= 15 is 0 Å². The van der Waals surface area contributed by atoms with Gasteiger partial charge in [0, 0.05) is 6.61 Å². The van der Waals surface area contributed by atoms with Gasteiger partial charge in [-0.1, -0.05) is 32.4 Å². The lowest BCUT2D eigenvalue weighted by molar-refractivity contribution is -0.906. The Balaban J connectivity index is 0. The lowest BCUT2D eigenvalue weighted by Gasteiger charge is -2.35. The summed E-state index contributed by atoms with van der Waals surface area (Å²) in [6.07, 6.45) is 7.58. The molecule has 0 aromatic carbocycles. The van der Waals surface area contributed by atoms with Crippen molar-refractivity contribution in [3.63, 3.8) is 0 Å². The topological polar surface area (TPSA) is 49.4 Å². The van der Waals surface area contributed by atoms with Gasteiger partial charge in [-0.05, 0) is 24.3 Å². The van der Waals surface area contributed by atoms with Crippen LogP contribution in [0, 0.1) is 0 Å². The molecule has 0 bridgehead atoms. The van der Waals surface area contributed by atoms with Gasteiger partial charge in [-0.15, -0.1) is 6.58 Å². The smallest absolute Gasteiger partial charge is 0.252 e. The number of carbonyl (C=O) groups is 1. The molecule has 0 saturated carbocycles. The van der Waals surface area contributed by atoms with Crippen LogP contribution in [0.25, 0.3) is 0 Å². The molecule has 0 amide bonds. The first-order chi connectivity index (χ1) is 9.51. The number of hydrogen-bond donors (Lipinski definition) is 0. The SMILES string of the molecule is C=CCOC(=O)[O-].C=CC[N+](CC=C)(CC=C)CC=C. The summed E-state index contributed by atoms with van der Waals surface area (Å²) in [5.74, 6) is 0. The van der Waals surface area contributed by atoms with Crippen molar-refractivity contribution in [3.8, 4) is 0 Å². The summed E-state index contributed by atoms with van der Waals surface area (Å²) in [4.78, 5) is 9.38. The monoisotopic (exact) mass is 279 g/mol. The predicted molar refractivity (Wildman–Crippen MR) is 82.1 cm³/mol. The third-order valence-electron chi connectivity index (χ3n) is 2.38. The number of ether oxygens (including phenoxy) is 1. The van der Waals surface area contributed by atoms with Gasteiger partial charge in [0.15, 0.2) is 0 Å². The highest BCUT2D eigenvalue weighted by Crippen LogP contribution is 2.07. The van der Waals surface area contributed by atoms with E-state index in [0.717, 1.165) is 30.7 Å². The fourth-order valence-corrected chi connectivity index (χ4v) is 1.67. The Labute approximate surface area is 122 Å². The van der Waals surface area contributed by atoms with E-state index < -0.39 is 6.16 Å². The van der Waals surface area contributed by atoms with Crippen molar-refractivity contribution in [1.29, 1.82) is 0 Å². The van der Waals surface area contributed by atoms with Crippen LogP contribution >= 0.6 is 0 Å². The molecule has 0 atom stereocenters. The Hall–Kier alpha value is -2.07. The van der Waals surface area contributed by atoms with Crippen molar-refractivity contribution in [2.45, 2.75) is 0 Å². The number of carbonyl (C=O) groups excluding carboxylic acids is 1. The molecule has 0 aromatic rings. The molecule has 0 aliphatic heterocycles. The van der Waals surface area contributed by atoms with Crippen molar-refractivity contribution < 1.29 is 19.1 Å². The Kier molecular flexibility index (Phi) is 13.5. The fraction of sp³-hybridized carbons (Fsp3) is 0.312. The fourth-order valence-electron chi connectivity index (χ4n) is 1.67. The molecular formula is C16H25NO3. The molecule has 0 aliphatic carbocycles. The zero-order valence-electron chi connectivity index (χ0n) is 12.1. The second kappa shape index (κ2) is 13.4. The number of hydrogen-bond acceptors (Lipinski definition) is 3. The van der Waals surface area contributed by atoms with Gasteiger partial charge in [-0.2, -0.15) is 0 Å². The van der Waals surface area contributed by atoms with Gasteiger partial charge in [0.2, 0.25) is 0 Å². The molecule has 0 radical (unpaired) electrons. The Morgan fingerprint density at radius 3 is 1.35 bits per heavy atom. The Morgan fingerprint density at radius 2 is 1.20 bits per heavy atom. The van der Waals surface area contributed by atoms with Gasteiger partial charge < -0.3 is 19.1 Å². The summed E-state index contributed by atoms with van der Waals surface area (Å²) in [6.45, 7) is 22.1. The molecule has 0 rings (SSSR count). The van der Waals surface area contributed by atoms with E-state index in [-0.39, 0.29) is 6.61 Å². The number of quaternary nitrogens is 1. The minimum Gasteiger partial charge on any atom is -0.546 e. The molecule has 4 nitrogen and oxygen atoms in total. The van der Waals surface area contributed by atoms with E-state index in [2.05, 4.69) is 37.6 Å². The summed E-state index contributed by atoms with van der Waals surface area (Å²) in [6, 6.07) is 0. The van der Waals surface area contributed by atoms with Crippen LogP contribution in [0.2, 0.25) is 0 Å². The quantitative estimate of drug-likeness (QED) is 0.349. The lowest BCUT2D eigenvalue weighted by atomic mass is 10.3. The first-order valence-corrected chi connectivity index (χ1v) is 6.25. The maximum absolute atomic E-state index is 9.38. The minimum absolute atomic E-state index is 0.00231. The van der Waals surface area contributed by atoms with Crippen molar-refractivity contribution in [2.24, 2.45) is 0 Å². The van der Waals surface area contributed by atoms with E-state index in [1.807, 2.05) is 24.3 Å². The van der Waals surface area contributed by atoms with E-state index in [4.69, 9.17) is 0 Å². The molecule has 4 heteroatoms. The van der Waals surface area contributed by atoms with E-state index in [1.165, 1.54) is 6.08 Å². The third kappa shape index (κ3) is 11.0. The van der Waals surface area contributed by atoms with E-state index in [9.17, 15) is 9.90 Å². The average Bonchev–Trinajstić information content (AvgIpc) is 2.38. The second-order valence-electron chi connectivity index (χ2n) is 4.08. The largest absolute Gasteiger partial charge is 0.546 e. The van der Waals surface area contributed by atoms with Crippen LogP contribution in [0.1, 0.15) is 0 Å². The lowest BCUT2D eigenvalue weighted by Crippen LogP contribution is -2.48. The Bertz CT molecular complexity index is 289. The van der Waals surface area contributed by atoms with Crippen molar-refractivity contribution in [3.05, 3.63) is 63.3 Å². The summed E-state index contributed by atoms with van der Waals surface area (Å²) in [5.41, 5.74) is 0. The van der Waals surface area contributed by atoms with Crippen LogP contribution in [0.4, 0.5) is 4.79 Å². The molecule has 0 aliphatic rings. The maximum atomic E-state index is 9.38. The molecular weight excluding hydrogens is 254 g/mol. The number of carboxylic acid groups (broad SMARTS) is 1. The molecule has 0 N–H and O–H groups in total. The molecule has 0 saturated heterocycles. The van der Waals surface area contributed by atoms with Crippen LogP contribution in [0.3, 0.4) is 0 Å². The molecule has 112 valence electrons. The van der Waals surface area contributed by atoms with Gasteiger partial charge in [0.05, 0.1) is 26.2 Å². The second-order valence-corrected chi connectivity index (χ2v) is 4.08. The highest BCUT2D eigenvalue weighted by atomic mass is 16.7. The summed E-state index contributed by atoms with van der Waals surface area (Å²) in [7, 11) is 0. The molecule has 20 heavy (non-hydrogen) atoms. The molecule has 0 spiro atoms. The Morgan fingerprint density at radius 1 is 0.850 bits per heavy atom. The minimum atomic E-state index is -1.51. The van der Waals surface area contributed by atoms with Crippen LogP contribution < -0.4 is 5.11 Å². The van der Waals surface area contributed by atoms with Gasteiger partial charge in [0.25, 0.3) is 6.16 Å². The first kappa shape index (κ1) is 20.3. The standard InChI is InChI=1S/C12H20N.C4H6O3/c1-5-9-13(10-6-2,11-7-3)12-8-4;1-2-3-7-4(5)6/h5-8H,1-4,9-12H2;2H,1,3H2,(H,5,6)/q+1;/p-1. The molecule has 0 heterocycles. The van der Waals surface area contributed by atoms with Crippen molar-refractivity contribution in [1.82, 2.24) is 0 Å². The molecule has 0 unspecified atom stereocenters. The zero-order chi connectivity index (χ0) is 15.9. The van der Waals surface area contributed by atoms with Crippen LogP contribution in [-0.2, 0) is 4.74 Å². The molecule has 0 aromatic heterocycles. The van der Waals surface area contributed by atoms with Crippen LogP contribution in [0.15, 0.2) is 63.3 Å². The predicted octanol–water partition coefficient (Wildman–Crippen LogP) is 2.08. The summed E-state index contributed by atoms with van der Waals surface area (Å²) in [5, 5.41) is 9.38. The van der Waals surface area contributed by atoms with Gasteiger partial charge in [-0.25, -0.2) is 0 Å². The van der Waals surface area contributed by atoms with Crippen molar-refractivity contribution in [2.75, 3.05) is 32.8 Å². The van der Waals surface area contributed by atoms with Gasteiger partial charge in [-0.3, -0.25) is 0 Å². The van der Waals surface area contributed by atoms with Gasteiger partial charge in [0.1, 0.15) is 0 Å². The average molecular weight is 279 g/mol. The van der Waals surface area contributed by atoms with Crippen LogP contribution in [0.5, 0.6) is 0 Å².